The number of amides is 2. The summed E-state index contributed by atoms with van der Waals surface area (Å²) in [6.45, 7) is 2.78. The fourth-order valence-corrected chi connectivity index (χ4v) is 4.56. The SMILES string of the molecule is CC(=O)Nc1ccc(S(=O)(=O)NNC(=O)COc2c(C)cc(Br)cc2Br)cc1. The van der Waals surface area contributed by atoms with Gasteiger partial charge < -0.3 is 10.1 Å². The minimum Gasteiger partial charge on any atom is -0.482 e. The van der Waals surface area contributed by atoms with Crippen molar-refractivity contribution in [2.75, 3.05) is 11.9 Å². The minimum absolute atomic E-state index is 0.0747. The van der Waals surface area contributed by atoms with Gasteiger partial charge in [-0.1, -0.05) is 15.9 Å². The number of aryl methyl sites for hydroxylation is 1. The first kappa shape index (κ1) is 22.3. The molecule has 2 aromatic rings. The van der Waals surface area contributed by atoms with Crippen LogP contribution in [-0.2, 0) is 19.6 Å². The van der Waals surface area contributed by atoms with Gasteiger partial charge in [0.25, 0.3) is 15.9 Å². The van der Waals surface area contributed by atoms with Crippen LogP contribution in [0.2, 0.25) is 0 Å². The second-order valence-corrected chi connectivity index (χ2v) is 9.13. The quantitative estimate of drug-likeness (QED) is 0.473. The molecule has 0 saturated carbocycles. The maximum atomic E-state index is 12.2. The smallest absolute Gasteiger partial charge is 0.272 e. The standard InChI is InChI=1S/C17H17Br2N3O5S/c1-10-7-12(18)8-15(19)17(10)27-9-16(24)21-22-28(25,26)14-5-3-13(4-6-14)20-11(2)23/h3-8,22H,9H2,1-2H3,(H,20,23)(H,21,24). The average Bonchev–Trinajstić information content (AvgIpc) is 2.59. The summed E-state index contributed by atoms with van der Waals surface area (Å²) in [6.07, 6.45) is 0. The fraction of sp³-hybridized carbons (Fsp3) is 0.176. The van der Waals surface area contributed by atoms with Crippen LogP contribution in [0.5, 0.6) is 5.75 Å². The Morgan fingerprint density at radius 3 is 2.32 bits per heavy atom. The molecule has 0 spiro atoms. The molecule has 11 heteroatoms. The van der Waals surface area contributed by atoms with Crippen LogP contribution in [0.25, 0.3) is 0 Å². The third kappa shape index (κ3) is 6.30. The maximum Gasteiger partial charge on any atom is 0.272 e. The van der Waals surface area contributed by atoms with Crippen molar-refractivity contribution in [1.82, 2.24) is 10.3 Å². The molecular formula is C17H17Br2N3O5S. The molecule has 8 nitrogen and oxygen atoms in total. The molecule has 0 fully saturated rings. The Bertz CT molecular complexity index is 971. The third-order valence-corrected chi connectivity index (χ3v) is 5.66. The molecule has 0 heterocycles. The zero-order valence-corrected chi connectivity index (χ0v) is 18.9. The third-order valence-electron chi connectivity index (χ3n) is 3.35. The Kier molecular flexibility index (Phi) is 7.58. The summed E-state index contributed by atoms with van der Waals surface area (Å²) in [4.78, 5) is 24.8. The molecule has 2 rings (SSSR count). The van der Waals surface area contributed by atoms with E-state index in [0.29, 0.717) is 15.9 Å². The summed E-state index contributed by atoms with van der Waals surface area (Å²) in [5.74, 6) is -0.462. The number of carbonyl (C=O) groups excluding carboxylic acids is 2. The summed E-state index contributed by atoms with van der Waals surface area (Å²) in [6, 6.07) is 9.08. The molecule has 2 aromatic carbocycles. The van der Waals surface area contributed by atoms with Gasteiger partial charge in [-0.2, -0.15) is 0 Å². The Hall–Kier alpha value is -1.95. The van der Waals surface area contributed by atoms with Crippen molar-refractivity contribution >= 4 is 59.4 Å². The van der Waals surface area contributed by atoms with Crippen molar-refractivity contribution in [2.45, 2.75) is 18.7 Å². The lowest BCUT2D eigenvalue weighted by atomic mass is 10.2. The molecule has 0 aliphatic rings. The lowest BCUT2D eigenvalue weighted by molar-refractivity contribution is -0.123. The highest BCUT2D eigenvalue weighted by Crippen LogP contribution is 2.32. The first-order chi connectivity index (χ1) is 13.1. The predicted octanol–water partition coefficient (Wildman–Crippen LogP) is 2.87. The van der Waals surface area contributed by atoms with Crippen LogP contribution in [0.3, 0.4) is 0 Å². The van der Waals surface area contributed by atoms with E-state index in [1.54, 1.807) is 6.07 Å². The van der Waals surface area contributed by atoms with E-state index in [2.05, 4.69) is 42.6 Å². The van der Waals surface area contributed by atoms with Crippen LogP contribution in [0.15, 0.2) is 50.2 Å². The monoisotopic (exact) mass is 533 g/mol. The predicted molar refractivity (Wildman–Crippen MR) is 111 cm³/mol. The number of anilines is 1. The molecule has 0 aromatic heterocycles. The van der Waals surface area contributed by atoms with Gasteiger partial charge >= 0.3 is 0 Å². The van der Waals surface area contributed by atoms with Gasteiger partial charge in [-0.25, -0.2) is 8.42 Å². The summed E-state index contributed by atoms with van der Waals surface area (Å²) in [5.41, 5.74) is 3.35. The van der Waals surface area contributed by atoms with Gasteiger partial charge in [-0.05, 0) is 64.8 Å². The summed E-state index contributed by atoms with van der Waals surface area (Å²) in [5, 5.41) is 2.53. The number of hydrazine groups is 1. The number of ether oxygens (including phenoxy) is 1. The lowest BCUT2D eigenvalue weighted by Gasteiger charge is -2.12. The molecule has 0 unspecified atom stereocenters. The molecule has 0 radical (unpaired) electrons. The topological polar surface area (TPSA) is 114 Å². The van der Waals surface area contributed by atoms with Crippen LogP contribution in [-0.4, -0.2) is 26.8 Å². The summed E-state index contributed by atoms with van der Waals surface area (Å²) in [7, 11) is -3.97. The molecule has 0 aliphatic heterocycles. The van der Waals surface area contributed by atoms with E-state index in [9.17, 15) is 18.0 Å². The van der Waals surface area contributed by atoms with Gasteiger partial charge in [0.1, 0.15) is 5.75 Å². The molecule has 0 atom stereocenters. The van der Waals surface area contributed by atoms with Crippen LogP contribution in [0.4, 0.5) is 5.69 Å². The number of hydrogen-bond acceptors (Lipinski definition) is 5. The van der Waals surface area contributed by atoms with Crippen molar-refractivity contribution in [1.29, 1.82) is 0 Å². The highest BCUT2D eigenvalue weighted by Gasteiger charge is 2.16. The number of benzene rings is 2. The highest BCUT2D eigenvalue weighted by molar-refractivity contribution is 9.11. The van der Waals surface area contributed by atoms with Crippen LogP contribution < -0.4 is 20.3 Å². The number of hydrogen-bond donors (Lipinski definition) is 3. The fourth-order valence-electron chi connectivity index (χ4n) is 2.15. The highest BCUT2D eigenvalue weighted by atomic mass is 79.9. The summed E-state index contributed by atoms with van der Waals surface area (Å²) >= 11 is 6.70. The van der Waals surface area contributed by atoms with Gasteiger partial charge in [-0.15, -0.1) is 4.83 Å². The van der Waals surface area contributed by atoms with Crippen LogP contribution >= 0.6 is 31.9 Å². The lowest BCUT2D eigenvalue weighted by Crippen LogP contribution is -2.43. The maximum absolute atomic E-state index is 12.2. The molecule has 2 amide bonds. The summed E-state index contributed by atoms with van der Waals surface area (Å²) < 4.78 is 31.4. The van der Waals surface area contributed by atoms with Crippen LogP contribution in [0, 0.1) is 6.92 Å². The van der Waals surface area contributed by atoms with Gasteiger partial charge in [0, 0.05) is 17.1 Å². The van der Waals surface area contributed by atoms with Crippen molar-refractivity contribution in [3.8, 4) is 5.75 Å². The van der Waals surface area contributed by atoms with E-state index in [-0.39, 0.29) is 17.4 Å². The van der Waals surface area contributed by atoms with Crippen LogP contribution in [0.1, 0.15) is 12.5 Å². The number of carbonyl (C=O) groups is 2. The first-order valence-electron chi connectivity index (χ1n) is 7.85. The molecule has 3 N–H and O–H groups in total. The van der Waals surface area contributed by atoms with Gasteiger partial charge in [-0.3, -0.25) is 15.0 Å². The van der Waals surface area contributed by atoms with Gasteiger partial charge in [0.2, 0.25) is 5.91 Å². The first-order valence-corrected chi connectivity index (χ1v) is 10.9. The molecule has 0 aliphatic carbocycles. The molecule has 150 valence electrons. The van der Waals surface area contributed by atoms with E-state index in [0.717, 1.165) is 10.0 Å². The zero-order chi connectivity index (χ0) is 20.9. The Balaban J connectivity index is 1.93. The van der Waals surface area contributed by atoms with E-state index >= 15 is 0 Å². The zero-order valence-electron chi connectivity index (χ0n) is 14.9. The van der Waals surface area contributed by atoms with Gasteiger partial charge in [0.05, 0.1) is 9.37 Å². The van der Waals surface area contributed by atoms with Crippen molar-refractivity contribution in [3.05, 3.63) is 50.9 Å². The molecular weight excluding hydrogens is 518 g/mol. The van der Waals surface area contributed by atoms with Crippen molar-refractivity contribution < 1.29 is 22.7 Å². The molecule has 28 heavy (non-hydrogen) atoms. The van der Waals surface area contributed by atoms with E-state index in [1.807, 2.05) is 17.8 Å². The van der Waals surface area contributed by atoms with Gasteiger partial charge in [0.15, 0.2) is 6.61 Å². The largest absolute Gasteiger partial charge is 0.482 e. The molecule has 0 bridgehead atoms. The Morgan fingerprint density at radius 1 is 1.11 bits per heavy atom. The normalized spacial score (nSPS) is 11.0. The van der Waals surface area contributed by atoms with Crippen molar-refractivity contribution in [2.24, 2.45) is 0 Å². The molecule has 0 saturated heterocycles. The number of rotatable bonds is 7. The Morgan fingerprint density at radius 2 is 1.75 bits per heavy atom. The van der Waals surface area contributed by atoms with E-state index in [1.165, 1.54) is 31.2 Å². The van der Waals surface area contributed by atoms with E-state index in [4.69, 9.17) is 4.74 Å². The Labute approximate surface area is 179 Å². The average molecular weight is 535 g/mol. The minimum atomic E-state index is -3.97. The second kappa shape index (κ2) is 9.50. The number of halogens is 2. The number of nitrogens with one attached hydrogen (secondary N) is 3. The van der Waals surface area contributed by atoms with Crippen molar-refractivity contribution in [3.63, 3.8) is 0 Å². The number of sulfonamides is 1. The second-order valence-electron chi connectivity index (χ2n) is 5.68. The van der Waals surface area contributed by atoms with E-state index < -0.39 is 15.9 Å².